The summed E-state index contributed by atoms with van der Waals surface area (Å²) >= 11 is 0. The average Bonchev–Trinajstić information content (AvgIpc) is 2.84. The summed E-state index contributed by atoms with van der Waals surface area (Å²) in [6.45, 7) is 1.46. The lowest BCUT2D eigenvalue weighted by Crippen LogP contribution is -2.42. The van der Waals surface area contributed by atoms with E-state index < -0.39 is 11.8 Å². The van der Waals surface area contributed by atoms with E-state index in [0.29, 0.717) is 32.3 Å². The number of nitrogens with one attached hydrogen (secondary N) is 2. The highest BCUT2D eigenvalue weighted by Crippen LogP contribution is 2.20. The Labute approximate surface area is 101 Å². The van der Waals surface area contributed by atoms with Crippen molar-refractivity contribution in [3.63, 3.8) is 0 Å². The zero-order chi connectivity index (χ0) is 12.5. The minimum Gasteiger partial charge on any atom is -0.376 e. The Hall–Kier alpha value is -1.14. The second kappa shape index (κ2) is 8.03. The predicted molar refractivity (Wildman–Crippen MR) is 63.3 cm³/mol. The zero-order valence-electron chi connectivity index (χ0n) is 10.0. The average molecular weight is 243 g/mol. The Balaban J connectivity index is 2.01. The van der Waals surface area contributed by atoms with Crippen LogP contribution in [0, 0.1) is 0 Å². The normalized spacial score (nSPS) is 15.8. The molecule has 0 unspecified atom stereocenters. The highest BCUT2D eigenvalue weighted by molar-refractivity contribution is 6.35. The van der Waals surface area contributed by atoms with Gasteiger partial charge in [0.1, 0.15) is 0 Å². The molecule has 0 heterocycles. The van der Waals surface area contributed by atoms with Gasteiger partial charge >= 0.3 is 11.8 Å². The van der Waals surface area contributed by atoms with Gasteiger partial charge in [-0.15, -0.1) is 0 Å². The van der Waals surface area contributed by atoms with Gasteiger partial charge in [0.2, 0.25) is 0 Å². The number of carbonyl (C=O) groups is 2. The maximum absolute atomic E-state index is 11.2. The summed E-state index contributed by atoms with van der Waals surface area (Å²) in [5, 5.41) is 4.90. The van der Waals surface area contributed by atoms with Crippen molar-refractivity contribution >= 4 is 11.8 Å². The molecule has 2 amide bonds. The zero-order valence-corrected chi connectivity index (χ0v) is 10.0. The summed E-state index contributed by atoms with van der Waals surface area (Å²) in [6.07, 6.45) is 4.98. The molecule has 0 saturated heterocycles. The van der Waals surface area contributed by atoms with E-state index in [1.807, 2.05) is 0 Å². The van der Waals surface area contributed by atoms with Crippen molar-refractivity contribution in [2.75, 3.05) is 26.2 Å². The molecule has 0 radical (unpaired) electrons. The van der Waals surface area contributed by atoms with Gasteiger partial charge in [0.15, 0.2) is 0 Å². The summed E-state index contributed by atoms with van der Waals surface area (Å²) in [5.41, 5.74) is 5.20. The molecule has 0 aromatic rings. The molecule has 98 valence electrons. The van der Waals surface area contributed by atoms with Crippen LogP contribution in [0.1, 0.15) is 25.7 Å². The van der Waals surface area contributed by atoms with Crippen LogP contribution in [-0.4, -0.2) is 44.2 Å². The maximum atomic E-state index is 11.2. The van der Waals surface area contributed by atoms with E-state index in [1.165, 1.54) is 12.8 Å². The fourth-order valence-corrected chi connectivity index (χ4v) is 1.79. The van der Waals surface area contributed by atoms with Gasteiger partial charge < -0.3 is 21.1 Å². The highest BCUT2D eigenvalue weighted by Gasteiger charge is 2.15. The smallest absolute Gasteiger partial charge is 0.309 e. The van der Waals surface area contributed by atoms with E-state index >= 15 is 0 Å². The Kier molecular flexibility index (Phi) is 6.57. The summed E-state index contributed by atoms with van der Waals surface area (Å²) in [5.74, 6) is -1.27. The van der Waals surface area contributed by atoms with Crippen LogP contribution in [0.2, 0.25) is 0 Å². The fourth-order valence-electron chi connectivity index (χ4n) is 1.79. The van der Waals surface area contributed by atoms with Crippen molar-refractivity contribution in [1.82, 2.24) is 10.6 Å². The summed E-state index contributed by atoms with van der Waals surface area (Å²) in [4.78, 5) is 22.4. The number of amides is 2. The Morgan fingerprint density at radius 1 is 1.12 bits per heavy atom. The molecular formula is C11H21N3O3. The molecular weight excluding hydrogens is 222 g/mol. The van der Waals surface area contributed by atoms with Crippen LogP contribution in [0.4, 0.5) is 0 Å². The molecule has 0 bridgehead atoms. The van der Waals surface area contributed by atoms with Gasteiger partial charge in [-0.25, -0.2) is 0 Å². The largest absolute Gasteiger partial charge is 0.376 e. The number of nitrogens with two attached hydrogens (primary N) is 1. The molecule has 0 aromatic heterocycles. The van der Waals surface area contributed by atoms with E-state index in [0.717, 1.165) is 12.8 Å². The van der Waals surface area contributed by atoms with Crippen LogP contribution in [-0.2, 0) is 14.3 Å². The number of hydrogen-bond donors (Lipinski definition) is 3. The van der Waals surface area contributed by atoms with Crippen LogP contribution in [0.3, 0.4) is 0 Å². The van der Waals surface area contributed by atoms with Crippen LogP contribution in [0.5, 0.6) is 0 Å². The maximum Gasteiger partial charge on any atom is 0.309 e. The minimum atomic E-state index is -0.642. The summed E-state index contributed by atoms with van der Waals surface area (Å²) in [6, 6.07) is 0. The molecule has 1 rings (SSSR count). The standard InChI is InChI=1S/C11H21N3O3/c12-5-6-13-10(15)11(16)14-7-8-17-9-3-1-2-4-9/h9H,1-8,12H2,(H,13,15)(H,14,16). The molecule has 6 heteroatoms. The topological polar surface area (TPSA) is 93.5 Å². The predicted octanol–water partition coefficient (Wildman–Crippen LogP) is -0.863. The van der Waals surface area contributed by atoms with Gasteiger partial charge in [0, 0.05) is 19.6 Å². The molecule has 1 aliphatic rings. The second-order valence-electron chi connectivity index (χ2n) is 4.08. The molecule has 4 N–H and O–H groups in total. The molecule has 1 fully saturated rings. The number of hydrogen-bond acceptors (Lipinski definition) is 4. The summed E-state index contributed by atoms with van der Waals surface area (Å²) < 4.78 is 5.55. The molecule has 1 aliphatic carbocycles. The van der Waals surface area contributed by atoms with Crippen molar-refractivity contribution in [2.24, 2.45) is 5.73 Å². The van der Waals surface area contributed by atoms with Gasteiger partial charge in [-0.3, -0.25) is 9.59 Å². The first-order chi connectivity index (χ1) is 8.24. The lowest BCUT2D eigenvalue weighted by Gasteiger charge is -2.11. The minimum absolute atomic E-state index is 0.310. The Bertz CT molecular complexity index is 252. The quantitative estimate of drug-likeness (QED) is 0.418. The molecule has 6 nitrogen and oxygen atoms in total. The van der Waals surface area contributed by atoms with E-state index in [4.69, 9.17) is 10.5 Å². The second-order valence-corrected chi connectivity index (χ2v) is 4.08. The molecule has 0 spiro atoms. The van der Waals surface area contributed by atoms with Gasteiger partial charge in [0.05, 0.1) is 12.7 Å². The first-order valence-electron chi connectivity index (χ1n) is 6.11. The molecule has 0 aliphatic heterocycles. The third kappa shape index (κ3) is 5.65. The van der Waals surface area contributed by atoms with Crippen LogP contribution in [0.15, 0.2) is 0 Å². The van der Waals surface area contributed by atoms with Crippen molar-refractivity contribution < 1.29 is 14.3 Å². The Morgan fingerprint density at radius 2 is 1.71 bits per heavy atom. The van der Waals surface area contributed by atoms with E-state index in [9.17, 15) is 9.59 Å². The summed E-state index contributed by atoms with van der Waals surface area (Å²) in [7, 11) is 0. The van der Waals surface area contributed by atoms with E-state index in [-0.39, 0.29) is 0 Å². The van der Waals surface area contributed by atoms with Gasteiger partial charge in [-0.05, 0) is 12.8 Å². The SMILES string of the molecule is NCCNC(=O)C(=O)NCCOC1CCCC1. The monoisotopic (exact) mass is 243 g/mol. The fraction of sp³-hybridized carbons (Fsp3) is 0.818. The van der Waals surface area contributed by atoms with Crippen LogP contribution in [0.25, 0.3) is 0 Å². The third-order valence-corrected chi connectivity index (χ3v) is 2.68. The van der Waals surface area contributed by atoms with Crippen molar-refractivity contribution in [2.45, 2.75) is 31.8 Å². The van der Waals surface area contributed by atoms with Crippen molar-refractivity contribution in [3.05, 3.63) is 0 Å². The first kappa shape index (κ1) is 13.9. The van der Waals surface area contributed by atoms with Gasteiger partial charge in [-0.2, -0.15) is 0 Å². The lowest BCUT2D eigenvalue weighted by molar-refractivity contribution is -0.139. The number of rotatable bonds is 6. The van der Waals surface area contributed by atoms with E-state index in [2.05, 4.69) is 10.6 Å². The molecule has 17 heavy (non-hydrogen) atoms. The highest BCUT2D eigenvalue weighted by atomic mass is 16.5. The van der Waals surface area contributed by atoms with Crippen LogP contribution < -0.4 is 16.4 Å². The third-order valence-electron chi connectivity index (χ3n) is 2.68. The molecule has 0 aromatic carbocycles. The van der Waals surface area contributed by atoms with Gasteiger partial charge in [0.25, 0.3) is 0 Å². The van der Waals surface area contributed by atoms with Crippen LogP contribution >= 0.6 is 0 Å². The molecule has 1 saturated carbocycles. The number of carbonyl (C=O) groups excluding carboxylic acids is 2. The number of ether oxygens (including phenoxy) is 1. The van der Waals surface area contributed by atoms with Crippen molar-refractivity contribution in [1.29, 1.82) is 0 Å². The Morgan fingerprint density at radius 3 is 2.29 bits per heavy atom. The molecule has 0 atom stereocenters. The van der Waals surface area contributed by atoms with Gasteiger partial charge in [-0.1, -0.05) is 12.8 Å². The van der Waals surface area contributed by atoms with Crippen molar-refractivity contribution in [3.8, 4) is 0 Å². The first-order valence-corrected chi connectivity index (χ1v) is 6.11. The lowest BCUT2D eigenvalue weighted by atomic mass is 10.3. The van der Waals surface area contributed by atoms with E-state index in [1.54, 1.807) is 0 Å².